The molecule has 1 aromatic carbocycles. The first-order chi connectivity index (χ1) is 15.7. The van der Waals surface area contributed by atoms with E-state index in [4.69, 9.17) is 4.42 Å². The van der Waals surface area contributed by atoms with Gasteiger partial charge in [-0.15, -0.1) is 10.2 Å². The van der Waals surface area contributed by atoms with Gasteiger partial charge in [0.2, 0.25) is 5.82 Å². The van der Waals surface area contributed by atoms with Crippen molar-refractivity contribution in [1.29, 1.82) is 0 Å². The summed E-state index contributed by atoms with van der Waals surface area (Å²) in [4.78, 5) is 5.06. The third-order valence-electron chi connectivity index (χ3n) is 6.74. The normalized spacial score (nSPS) is 27.2. The lowest BCUT2D eigenvalue weighted by Crippen LogP contribution is -2.48. The topological polar surface area (TPSA) is 60.0 Å². The maximum Gasteiger partial charge on any atom is 0.404 e. The molecule has 4 atom stereocenters. The number of thioether (sulfide) groups is 1. The standard InChI is InChI=1S/C22H23F4N5OS/c1-13-16(32-12-27-13)18-28-29-20(30(18)2)33-10-6-9-31-17(22(24,25)26)15-11-21(15,19(31)23)14-7-4-3-5-8-14/h3-5,7-8,12,15,17,19H,6,9-11H2,1-2H3/t15-,17?,19?,21+/m0/s1. The molecule has 3 aromatic rings. The fourth-order valence-electron chi connectivity index (χ4n) is 5.09. The number of alkyl halides is 4. The summed E-state index contributed by atoms with van der Waals surface area (Å²) in [5.41, 5.74) is 0.291. The van der Waals surface area contributed by atoms with Crippen molar-refractivity contribution < 1.29 is 22.0 Å². The van der Waals surface area contributed by atoms with Crippen LogP contribution in [-0.4, -0.2) is 55.5 Å². The summed E-state index contributed by atoms with van der Waals surface area (Å²) in [6.07, 6.45) is -4.17. The molecule has 2 aliphatic rings. The van der Waals surface area contributed by atoms with Gasteiger partial charge in [-0.3, -0.25) is 4.90 Å². The van der Waals surface area contributed by atoms with Crippen molar-refractivity contribution in [2.45, 2.75) is 48.9 Å². The molecule has 3 heterocycles. The van der Waals surface area contributed by atoms with Crippen LogP contribution in [0.25, 0.3) is 11.6 Å². The predicted molar refractivity (Wildman–Crippen MR) is 114 cm³/mol. The second-order valence-corrected chi connectivity index (χ2v) is 9.67. The van der Waals surface area contributed by atoms with Crippen LogP contribution < -0.4 is 0 Å². The first-order valence-electron chi connectivity index (χ1n) is 10.7. The molecule has 0 N–H and O–H groups in total. The lowest BCUT2D eigenvalue weighted by molar-refractivity contribution is -0.192. The molecule has 176 valence electrons. The second-order valence-electron chi connectivity index (χ2n) is 8.61. The highest BCUT2D eigenvalue weighted by Gasteiger charge is 2.76. The van der Waals surface area contributed by atoms with Crippen molar-refractivity contribution in [3.05, 3.63) is 48.0 Å². The molecule has 0 bridgehead atoms. The Kier molecular flexibility index (Phi) is 5.51. The second kappa shape index (κ2) is 8.12. The summed E-state index contributed by atoms with van der Waals surface area (Å²) < 4.78 is 64.3. The fourth-order valence-corrected chi connectivity index (χ4v) is 5.93. The number of likely N-dealkylation sites (tertiary alicyclic amines) is 1. The number of nitrogens with zero attached hydrogens (tertiary/aromatic N) is 5. The molecule has 0 spiro atoms. The minimum Gasteiger partial charge on any atom is -0.440 e. The molecule has 1 aliphatic heterocycles. The Morgan fingerprint density at radius 1 is 1.21 bits per heavy atom. The molecule has 0 amide bonds. The van der Waals surface area contributed by atoms with Crippen molar-refractivity contribution in [3.8, 4) is 11.6 Å². The summed E-state index contributed by atoms with van der Waals surface area (Å²) in [7, 11) is 1.79. The minimum atomic E-state index is -4.47. The molecule has 2 fully saturated rings. The molecular formula is C22H23F4N5OS. The van der Waals surface area contributed by atoms with E-state index in [2.05, 4.69) is 15.2 Å². The van der Waals surface area contributed by atoms with Gasteiger partial charge in [0.05, 0.1) is 5.69 Å². The SMILES string of the molecule is Cc1ncoc1-c1nnc(SCCCN2C(C(F)(F)F)[C@@H]3C[C@]3(c3ccccc3)C2F)n1C. The monoisotopic (exact) mass is 481 g/mol. The number of hydrogen-bond donors (Lipinski definition) is 0. The highest BCUT2D eigenvalue weighted by molar-refractivity contribution is 7.99. The number of hydrogen-bond acceptors (Lipinski definition) is 6. The zero-order valence-corrected chi connectivity index (χ0v) is 18.9. The van der Waals surface area contributed by atoms with E-state index in [0.29, 0.717) is 40.2 Å². The molecule has 1 aliphatic carbocycles. The molecule has 1 saturated heterocycles. The summed E-state index contributed by atoms with van der Waals surface area (Å²) in [5.74, 6) is 0.789. The number of fused-ring (bicyclic) bond motifs is 1. The van der Waals surface area contributed by atoms with Crippen LogP contribution in [0.5, 0.6) is 0 Å². The quantitative estimate of drug-likeness (QED) is 0.210. The largest absolute Gasteiger partial charge is 0.440 e. The third kappa shape index (κ3) is 3.65. The van der Waals surface area contributed by atoms with Crippen LogP contribution in [0.2, 0.25) is 0 Å². The highest BCUT2D eigenvalue weighted by Crippen LogP contribution is 2.68. The zero-order valence-electron chi connectivity index (χ0n) is 18.1. The Hall–Kier alpha value is -2.40. The van der Waals surface area contributed by atoms with Crippen LogP contribution in [0.3, 0.4) is 0 Å². The number of piperidine rings is 1. The number of aromatic nitrogens is 4. The highest BCUT2D eigenvalue weighted by atomic mass is 32.2. The minimum absolute atomic E-state index is 0.0232. The Morgan fingerprint density at radius 3 is 2.64 bits per heavy atom. The van der Waals surface area contributed by atoms with E-state index in [9.17, 15) is 13.2 Å². The zero-order chi connectivity index (χ0) is 23.4. The predicted octanol–water partition coefficient (Wildman–Crippen LogP) is 4.76. The van der Waals surface area contributed by atoms with E-state index in [0.717, 1.165) is 4.90 Å². The van der Waals surface area contributed by atoms with Crippen LogP contribution >= 0.6 is 11.8 Å². The van der Waals surface area contributed by atoms with Crippen LogP contribution in [-0.2, 0) is 12.5 Å². The molecule has 5 rings (SSSR count). The van der Waals surface area contributed by atoms with Gasteiger partial charge in [-0.1, -0.05) is 42.1 Å². The Bertz CT molecular complexity index is 1130. The van der Waals surface area contributed by atoms with Crippen LogP contribution in [0, 0.1) is 12.8 Å². The van der Waals surface area contributed by atoms with Gasteiger partial charge in [-0.05, 0) is 31.2 Å². The lowest BCUT2D eigenvalue weighted by Gasteiger charge is -2.32. The first kappa shape index (κ1) is 22.4. The van der Waals surface area contributed by atoms with Crippen molar-refractivity contribution in [2.24, 2.45) is 13.0 Å². The number of aryl methyl sites for hydroxylation is 1. The lowest BCUT2D eigenvalue weighted by atomic mass is 9.93. The molecule has 1 saturated carbocycles. The van der Waals surface area contributed by atoms with E-state index in [1.807, 2.05) is 0 Å². The molecule has 2 unspecified atom stereocenters. The Balaban J connectivity index is 1.25. The molecule has 33 heavy (non-hydrogen) atoms. The van der Waals surface area contributed by atoms with Gasteiger partial charge in [-0.2, -0.15) is 13.2 Å². The molecule has 2 aromatic heterocycles. The van der Waals surface area contributed by atoms with E-state index in [1.54, 1.807) is 48.9 Å². The fraction of sp³-hybridized carbons (Fsp3) is 0.500. The summed E-state index contributed by atoms with van der Waals surface area (Å²) >= 11 is 1.37. The smallest absolute Gasteiger partial charge is 0.404 e. The number of halogens is 4. The van der Waals surface area contributed by atoms with E-state index >= 15 is 4.39 Å². The maximum absolute atomic E-state index is 15.5. The van der Waals surface area contributed by atoms with Gasteiger partial charge in [0.25, 0.3) is 0 Å². The van der Waals surface area contributed by atoms with Gasteiger partial charge >= 0.3 is 6.18 Å². The van der Waals surface area contributed by atoms with Gasteiger partial charge in [0, 0.05) is 24.8 Å². The van der Waals surface area contributed by atoms with Gasteiger partial charge in [0.15, 0.2) is 23.6 Å². The molecular weight excluding hydrogens is 458 g/mol. The first-order valence-corrected chi connectivity index (χ1v) is 11.7. The molecule has 6 nitrogen and oxygen atoms in total. The van der Waals surface area contributed by atoms with Crippen LogP contribution in [0.15, 0.2) is 46.3 Å². The van der Waals surface area contributed by atoms with Crippen LogP contribution in [0.4, 0.5) is 17.6 Å². The third-order valence-corrected chi connectivity index (χ3v) is 7.84. The van der Waals surface area contributed by atoms with Gasteiger partial charge in [0.1, 0.15) is 6.04 Å². The van der Waals surface area contributed by atoms with Gasteiger partial charge < -0.3 is 8.98 Å². The van der Waals surface area contributed by atoms with Crippen molar-refractivity contribution in [3.63, 3.8) is 0 Å². The maximum atomic E-state index is 15.5. The van der Waals surface area contributed by atoms with E-state index in [1.165, 1.54) is 18.2 Å². The van der Waals surface area contributed by atoms with E-state index < -0.39 is 29.8 Å². The van der Waals surface area contributed by atoms with Crippen molar-refractivity contribution in [2.75, 3.05) is 12.3 Å². The Labute approximate surface area is 192 Å². The van der Waals surface area contributed by atoms with Crippen molar-refractivity contribution in [1.82, 2.24) is 24.6 Å². The number of oxazole rings is 1. The summed E-state index contributed by atoms with van der Waals surface area (Å²) in [6.45, 7) is 1.82. The average molecular weight is 482 g/mol. The van der Waals surface area contributed by atoms with Crippen molar-refractivity contribution >= 4 is 11.8 Å². The summed E-state index contributed by atoms with van der Waals surface area (Å²) in [5, 5.41) is 8.88. The van der Waals surface area contributed by atoms with Gasteiger partial charge in [-0.25, -0.2) is 9.37 Å². The number of benzene rings is 1. The van der Waals surface area contributed by atoms with E-state index in [-0.39, 0.29) is 13.0 Å². The average Bonchev–Trinajstić information content (AvgIpc) is 3.05. The molecule has 11 heteroatoms. The summed E-state index contributed by atoms with van der Waals surface area (Å²) in [6, 6.07) is 7.02. The number of rotatable bonds is 7. The Morgan fingerprint density at radius 2 is 1.97 bits per heavy atom. The van der Waals surface area contributed by atoms with Crippen LogP contribution in [0.1, 0.15) is 24.1 Å². The molecule has 0 radical (unpaired) electrons.